The molecule has 0 bridgehead atoms. The number of ether oxygens (including phenoxy) is 2. The lowest BCUT2D eigenvalue weighted by atomic mass is 10.1. The molecule has 1 atom stereocenters. The Morgan fingerprint density at radius 2 is 1.35 bits per heavy atom. The van der Waals surface area contributed by atoms with Gasteiger partial charge in [-0.1, -0.05) is 28.1 Å². The predicted molar refractivity (Wildman–Crippen MR) is 84.2 cm³/mol. The van der Waals surface area contributed by atoms with Crippen LogP contribution in [0.4, 0.5) is 0 Å². The van der Waals surface area contributed by atoms with Crippen molar-refractivity contribution >= 4 is 15.9 Å². The van der Waals surface area contributed by atoms with E-state index in [0.717, 1.165) is 21.5 Å². The maximum Gasteiger partial charge on any atom is 0.122 e. The zero-order valence-electron chi connectivity index (χ0n) is 11.4. The van der Waals surface area contributed by atoms with E-state index >= 15 is 0 Å². The van der Waals surface area contributed by atoms with Gasteiger partial charge in [-0.25, -0.2) is 0 Å². The number of hydrogen-bond donors (Lipinski definition) is 1. The van der Waals surface area contributed by atoms with Crippen LogP contribution >= 0.6 is 15.9 Å². The van der Waals surface area contributed by atoms with Crippen LogP contribution in [0.25, 0.3) is 0 Å². The highest BCUT2D eigenvalue weighted by molar-refractivity contribution is 9.10. The Hall–Kier alpha value is -1.52. The van der Waals surface area contributed by atoms with Gasteiger partial charge in [0.15, 0.2) is 0 Å². The number of hydrogen-bond acceptors (Lipinski definition) is 3. The fraction of sp³-hybridized carbons (Fsp3) is 0.250. The summed E-state index contributed by atoms with van der Waals surface area (Å²) in [6, 6.07) is 15.6. The number of rotatable bonds is 6. The molecule has 3 nitrogen and oxygen atoms in total. The first-order valence-corrected chi connectivity index (χ1v) is 7.31. The van der Waals surface area contributed by atoms with Crippen molar-refractivity contribution in [2.45, 2.75) is 13.0 Å². The first kappa shape index (κ1) is 14.9. The van der Waals surface area contributed by atoms with Gasteiger partial charge in [0, 0.05) is 10.5 Å². The second-order valence-corrected chi connectivity index (χ2v) is 5.42. The zero-order valence-corrected chi connectivity index (χ0v) is 13.0. The van der Waals surface area contributed by atoms with Crippen molar-refractivity contribution in [2.75, 3.05) is 13.2 Å². The molecule has 1 unspecified atom stereocenters. The van der Waals surface area contributed by atoms with Crippen molar-refractivity contribution in [1.82, 2.24) is 0 Å². The number of halogens is 1. The second kappa shape index (κ2) is 7.31. The summed E-state index contributed by atoms with van der Waals surface area (Å²) in [5.74, 6) is 1.66. The monoisotopic (exact) mass is 335 g/mol. The van der Waals surface area contributed by atoms with Crippen LogP contribution in [-0.2, 0) is 0 Å². The van der Waals surface area contributed by atoms with E-state index in [4.69, 9.17) is 15.2 Å². The van der Waals surface area contributed by atoms with Gasteiger partial charge in [-0.3, -0.25) is 0 Å². The van der Waals surface area contributed by atoms with E-state index in [1.807, 2.05) is 55.5 Å². The molecule has 0 saturated heterocycles. The molecule has 2 aromatic carbocycles. The third kappa shape index (κ3) is 4.54. The quantitative estimate of drug-likeness (QED) is 0.813. The Morgan fingerprint density at radius 3 is 1.80 bits per heavy atom. The molecule has 4 heteroatoms. The summed E-state index contributed by atoms with van der Waals surface area (Å²) in [6.45, 7) is 2.98. The average Bonchev–Trinajstić information content (AvgIpc) is 2.46. The van der Waals surface area contributed by atoms with Crippen LogP contribution in [0.15, 0.2) is 53.0 Å². The standard InChI is InChI=1S/C16H18BrNO2/c1-12(18)13-2-6-15(7-3-13)19-10-11-20-16-8-4-14(17)5-9-16/h2-9,12H,10-11,18H2,1H3. The van der Waals surface area contributed by atoms with Gasteiger partial charge in [-0.2, -0.15) is 0 Å². The third-order valence-electron chi connectivity index (χ3n) is 2.84. The van der Waals surface area contributed by atoms with E-state index in [1.165, 1.54) is 0 Å². The summed E-state index contributed by atoms with van der Waals surface area (Å²) in [5.41, 5.74) is 6.90. The molecule has 0 aliphatic heterocycles. The van der Waals surface area contributed by atoms with E-state index in [1.54, 1.807) is 0 Å². The molecule has 2 rings (SSSR count). The van der Waals surface area contributed by atoms with Gasteiger partial charge < -0.3 is 15.2 Å². The summed E-state index contributed by atoms with van der Waals surface area (Å²) in [7, 11) is 0. The van der Waals surface area contributed by atoms with E-state index in [0.29, 0.717) is 13.2 Å². The Kier molecular flexibility index (Phi) is 5.44. The molecule has 0 fully saturated rings. The molecule has 0 radical (unpaired) electrons. The lowest BCUT2D eigenvalue weighted by Gasteiger charge is -2.10. The van der Waals surface area contributed by atoms with Gasteiger partial charge in [0.25, 0.3) is 0 Å². The Bertz CT molecular complexity index is 523. The molecule has 0 aliphatic carbocycles. The fourth-order valence-corrected chi connectivity index (χ4v) is 1.98. The van der Waals surface area contributed by atoms with E-state index in [9.17, 15) is 0 Å². The summed E-state index contributed by atoms with van der Waals surface area (Å²) in [6.07, 6.45) is 0. The fourth-order valence-electron chi connectivity index (χ4n) is 1.72. The molecule has 0 aliphatic rings. The third-order valence-corrected chi connectivity index (χ3v) is 3.37. The first-order valence-electron chi connectivity index (χ1n) is 6.52. The smallest absolute Gasteiger partial charge is 0.122 e. The highest BCUT2D eigenvalue weighted by Crippen LogP contribution is 2.17. The van der Waals surface area contributed by atoms with Crippen molar-refractivity contribution in [1.29, 1.82) is 0 Å². The van der Waals surface area contributed by atoms with Crippen LogP contribution < -0.4 is 15.2 Å². The largest absolute Gasteiger partial charge is 0.490 e. The molecule has 0 aromatic heterocycles. The summed E-state index contributed by atoms with van der Waals surface area (Å²) >= 11 is 3.38. The predicted octanol–water partition coefficient (Wildman–Crippen LogP) is 3.93. The van der Waals surface area contributed by atoms with Crippen molar-refractivity contribution < 1.29 is 9.47 Å². The summed E-state index contributed by atoms with van der Waals surface area (Å²) in [4.78, 5) is 0. The van der Waals surface area contributed by atoms with Gasteiger partial charge >= 0.3 is 0 Å². The molecule has 0 saturated carbocycles. The molecular weight excluding hydrogens is 318 g/mol. The van der Waals surface area contributed by atoms with Crippen LogP contribution in [0.1, 0.15) is 18.5 Å². The van der Waals surface area contributed by atoms with E-state index in [-0.39, 0.29) is 6.04 Å². The highest BCUT2D eigenvalue weighted by atomic mass is 79.9. The van der Waals surface area contributed by atoms with Gasteiger partial charge in [-0.15, -0.1) is 0 Å². The Balaban J connectivity index is 1.74. The van der Waals surface area contributed by atoms with Gasteiger partial charge in [-0.05, 0) is 48.9 Å². The van der Waals surface area contributed by atoms with Crippen LogP contribution in [0.2, 0.25) is 0 Å². The van der Waals surface area contributed by atoms with Crippen molar-refractivity contribution in [3.8, 4) is 11.5 Å². The van der Waals surface area contributed by atoms with Crippen molar-refractivity contribution in [2.24, 2.45) is 5.73 Å². The molecule has 2 N–H and O–H groups in total. The second-order valence-electron chi connectivity index (χ2n) is 4.51. The van der Waals surface area contributed by atoms with Gasteiger partial charge in [0.2, 0.25) is 0 Å². The SMILES string of the molecule is CC(N)c1ccc(OCCOc2ccc(Br)cc2)cc1. The zero-order chi connectivity index (χ0) is 14.4. The van der Waals surface area contributed by atoms with Gasteiger partial charge in [0.1, 0.15) is 24.7 Å². The lowest BCUT2D eigenvalue weighted by molar-refractivity contribution is 0.217. The minimum absolute atomic E-state index is 0.0461. The van der Waals surface area contributed by atoms with Crippen molar-refractivity contribution in [3.63, 3.8) is 0 Å². The molecular formula is C16H18BrNO2. The minimum atomic E-state index is 0.0461. The minimum Gasteiger partial charge on any atom is -0.490 e. The summed E-state index contributed by atoms with van der Waals surface area (Å²) < 4.78 is 12.2. The number of nitrogens with two attached hydrogens (primary N) is 1. The van der Waals surface area contributed by atoms with Crippen molar-refractivity contribution in [3.05, 3.63) is 58.6 Å². The molecule has 0 spiro atoms. The first-order chi connectivity index (χ1) is 9.65. The molecule has 106 valence electrons. The maximum absolute atomic E-state index is 5.80. The normalized spacial score (nSPS) is 11.9. The van der Waals surface area contributed by atoms with E-state index < -0.39 is 0 Å². The Morgan fingerprint density at radius 1 is 0.900 bits per heavy atom. The van der Waals surface area contributed by atoms with Crippen LogP contribution in [0.3, 0.4) is 0 Å². The molecule has 2 aromatic rings. The van der Waals surface area contributed by atoms with Gasteiger partial charge in [0.05, 0.1) is 0 Å². The van der Waals surface area contributed by atoms with Crippen LogP contribution in [0, 0.1) is 0 Å². The van der Waals surface area contributed by atoms with E-state index in [2.05, 4.69) is 15.9 Å². The molecule has 0 amide bonds. The maximum atomic E-state index is 5.80. The average molecular weight is 336 g/mol. The topological polar surface area (TPSA) is 44.5 Å². The number of benzene rings is 2. The van der Waals surface area contributed by atoms with Crippen LogP contribution in [-0.4, -0.2) is 13.2 Å². The molecule has 20 heavy (non-hydrogen) atoms. The summed E-state index contributed by atoms with van der Waals surface area (Å²) in [5, 5.41) is 0. The lowest BCUT2D eigenvalue weighted by Crippen LogP contribution is -2.09. The molecule has 0 heterocycles. The van der Waals surface area contributed by atoms with Crippen LogP contribution in [0.5, 0.6) is 11.5 Å². The Labute approximate surface area is 127 Å². The highest BCUT2D eigenvalue weighted by Gasteiger charge is 2.00.